The number of anilines is 2. The molecule has 0 spiro atoms. The van der Waals surface area contributed by atoms with Crippen molar-refractivity contribution >= 4 is 11.6 Å². The van der Waals surface area contributed by atoms with Gasteiger partial charge in [-0.2, -0.15) is 5.26 Å². The summed E-state index contributed by atoms with van der Waals surface area (Å²) in [4.78, 5) is 12.7. The van der Waals surface area contributed by atoms with Crippen molar-refractivity contribution in [3.63, 3.8) is 0 Å². The van der Waals surface area contributed by atoms with E-state index in [0.29, 0.717) is 5.56 Å². The van der Waals surface area contributed by atoms with Crippen molar-refractivity contribution in [2.75, 3.05) is 36.0 Å². The summed E-state index contributed by atoms with van der Waals surface area (Å²) in [5.41, 5.74) is 2.45. The van der Waals surface area contributed by atoms with E-state index in [1.807, 2.05) is 24.3 Å². The highest BCUT2D eigenvalue weighted by Crippen LogP contribution is 2.21. The zero-order chi connectivity index (χ0) is 17.8. The van der Waals surface area contributed by atoms with Crippen molar-refractivity contribution < 1.29 is 0 Å². The number of rotatable bonds is 3. The van der Waals surface area contributed by atoms with Gasteiger partial charge >= 0.3 is 0 Å². The van der Waals surface area contributed by atoms with Gasteiger partial charge in [-0.1, -0.05) is 0 Å². The molecule has 3 aromatic heterocycles. The third kappa shape index (κ3) is 3.17. The number of piperazine rings is 1. The standard InChI is InChI=1S/C19H17N7/c20-14-16-2-1-7-22-19(16)26-12-10-25(11-13-26)18-4-3-17(23-24-18)15-5-8-21-9-6-15/h1-9H,10-13H2. The molecule has 128 valence electrons. The highest BCUT2D eigenvalue weighted by Gasteiger charge is 2.21. The lowest BCUT2D eigenvalue weighted by Crippen LogP contribution is -2.47. The van der Waals surface area contributed by atoms with Crippen molar-refractivity contribution in [2.24, 2.45) is 0 Å². The Morgan fingerprint density at radius 1 is 0.846 bits per heavy atom. The minimum absolute atomic E-state index is 0.613. The highest BCUT2D eigenvalue weighted by molar-refractivity contribution is 5.59. The van der Waals surface area contributed by atoms with Crippen LogP contribution in [0.3, 0.4) is 0 Å². The molecule has 0 saturated carbocycles. The Bertz CT molecular complexity index is 911. The third-order valence-corrected chi connectivity index (χ3v) is 4.44. The van der Waals surface area contributed by atoms with Gasteiger partial charge in [-0.15, -0.1) is 10.2 Å². The fraction of sp³-hybridized carbons (Fsp3) is 0.211. The molecule has 1 aliphatic heterocycles. The van der Waals surface area contributed by atoms with Crippen LogP contribution < -0.4 is 9.80 Å². The molecule has 0 amide bonds. The number of pyridine rings is 2. The van der Waals surface area contributed by atoms with Gasteiger partial charge < -0.3 is 9.80 Å². The van der Waals surface area contributed by atoms with Gasteiger partial charge in [0, 0.05) is 50.3 Å². The van der Waals surface area contributed by atoms with E-state index in [2.05, 4.69) is 36.0 Å². The Hall–Kier alpha value is -3.53. The summed E-state index contributed by atoms with van der Waals surface area (Å²) in [6.45, 7) is 3.20. The molecule has 0 aliphatic carbocycles. The zero-order valence-corrected chi connectivity index (χ0v) is 14.2. The molecule has 7 nitrogen and oxygen atoms in total. The predicted octanol–water partition coefficient (Wildman–Crippen LogP) is 2.13. The van der Waals surface area contributed by atoms with Gasteiger partial charge in [0.2, 0.25) is 0 Å². The zero-order valence-electron chi connectivity index (χ0n) is 14.2. The molecule has 4 heterocycles. The van der Waals surface area contributed by atoms with Gasteiger partial charge in [-0.25, -0.2) is 4.98 Å². The van der Waals surface area contributed by atoms with Gasteiger partial charge in [-0.05, 0) is 36.4 Å². The van der Waals surface area contributed by atoms with Crippen LogP contribution >= 0.6 is 0 Å². The Morgan fingerprint density at radius 3 is 2.31 bits per heavy atom. The van der Waals surface area contributed by atoms with E-state index in [-0.39, 0.29) is 0 Å². The van der Waals surface area contributed by atoms with Crippen LogP contribution in [0.25, 0.3) is 11.3 Å². The first kappa shape index (κ1) is 16.0. The second kappa shape index (κ2) is 7.15. The molecule has 26 heavy (non-hydrogen) atoms. The van der Waals surface area contributed by atoms with Gasteiger partial charge in [0.05, 0.1) is 11.3 Å². The number of nitriles is 1. The molecule has 1 aliphatic rings. The summed E-state index contributed by atoms with van der Waals surface area (Å²) in [5.74, 6) is 1.62. The quantitative estimate of drug-likeness (QED) is 0.720. The summed E-state index contributed by atoms with van der Waals surface area (Å²) >= 11 is 0. The molecule has 0 radical (unpaired) electrons. The second-order valence-corrected chi connectivity index (χ2v) is 5.97. The maximum absolute atomic E-state index is 9.25. The minimum Gasteiger partial charge on any atom is -0.352 e. The summed E-state index contributed by atoms with van der Waals surface area (Å²) in [7, 11) is 0. The first-order valence-corrected chi connectivity index (χ1v) is 8.44. The largest absolute Gasteiger partial charge is 0.352 e. The Labute approximate surface area is 151 Å². The van der Waals surface area contributed by atoms with Crippen LogP contribution in [0.4, 0.5) is 11.6 Å². The maximum Gasteiger partial charge on any atom is 0.151 e. The monoisotopic (exact) mass is 343 g/mol. The van der Waals surface area contributed by atoms with Crippen molar-refractivity contribution in [3.8, 4) is 17.3 Å². The molecule has 0 atom stereocenters. The molecule has 3 aromatic rings. The minimum atomic E-state index is 0.613. The average molecular weight is 343 g/mol. The Balaban J connectivity index is 1.44. The lowest BCUT2D eigenvalue weighted by atomic mass is 10.2. The molecule has 7 heteroatoms. The molecule has 0 N–H and O–H groups in total. The van der Waals surface area contributed by atoms with E-state index < -0.39 is 0 Å². The first-order chi connectivity index (χ1) is 12.8. The van der Waals surface area contributed by atoms with Crippen molar-refractivity contribution in [2.45, 2.75) is 0 Å². The van der Waals surface area contributed by atoms with E-state index >= 15 is 0 Å². The molecular formula is C19H17N7. The number of hydrogen-bond acceptors (Lipinski definition) is 7. The smallest absolute Gasteiger partial charge is 0.151 e. The van der Waals surface area contributed by atoms with E-state index in [4.69, 9.17) is 0 Å². The molecule has 0 aromatic carbocycles. The van der Waals surface area contributed by atoms with Crippen LogP contribution in [0.2, 0.25) is 0 Å². The molecular weight excluding hydrogens is 326 g/mol. The topological polar surface area (TPSA) is 81.8 Å². The van der Waals surface area contributed by atoms with Crippen molar-refractivity contribution in [3.05, 3.63) is 60.6 Å². The van der Waals surface area contributed by atoms with Gasteiger partial charge in [0.25, 0.3) is 0 Å². The lowest BCUT2D eigenvalue weighted by molar-refractivity contribution is 0.638. The van der Waals surface area contributed by atoms with E-state index in [0.717, 1.165) is 49.1 Å². The van der Waals surface area contributed by atoms with Gasteiger partial charge in [-0.3, -0.25) is 4.98 Å². The fourth-order valence-corrected chi connectivity index (χ4v) is 3.05. The maximum atomic E-state index is 9.25. The van der Waals surface area contributed by atoms with Crippen LogP contribution in [0.5, 0.6) is 0 Å². The number of hydrogen-bond donors (Lipinski definition) is 0. The molecule has 1 fully saturated rings. The summed E-state index contributed by atoms with van der Waals surface area (Å²) in [5, 5.41) is 18.0. The Kier molecular flexibility index (Phi) is 4.39. The predicted molar refractivity (Wildman–Crippen MR) is 98.6 cm³/mol. The molecule has 1 saturated heterocycles. The fourth-order valence-electron chi connectivity index (χ4n) is 3.05. The lowest BCUT2D eigenvalue weighted by Gasteiger charge is -2.36. The van der Waals surface area contributed by atoms with Gasteiger partial charge in [0.1, 0.15) is 11.9 Å². The Morgan fingerprint density at radius 2 is 1.62 bits per heavy atom. The van der Waals surface area contributed by atoms with Crippen LogP contribution in [-0.2, 0) is 0 Å². The summed E-state index contributed by atoms with van der Waals surface area (Å²) in [6, 6.07) is 13.6. The van der Waals surface area contributed by atoms with Crippen molar-refractivity contribution in [1.29, 1.82) is 5.26 Å². The van der Waals surface area contributed by atoms with Gasteiger partial charge in [0.15, 0.2) is 5.82 Å². The van der Waals surface area contributed by atoms with E-state index in [1.54, 1.807) is 30.7 Å². The average Bonchev–Trinajstić information content (AvgIpc) is 2.74. The summed E-state index contributed by atoms with van der Waals surface area (Å²) < 4.78 is 0. The van der Waals surface area contributed by atoms with Crippen molar-refractivity contribution in [1.82, 2.24) is 20.2 Å². The van der Waals surface area contributed by atoms with E-state index in [9.17, 15) is 5.26 Å². The number of nitrogens with zero attached hydrogens (tertiary/aromatic N) is 7. The number of aromatic nitrogens is 4. The first-order valence-electron chi connectivity index (χ1n) is 8.44. The van der Waals surface area contributed by atoms with Crippen LogP contribution in [0.1, 0.15) is 5.56 Å². The third-order valence-electron chi connectivity index (χ3n) is 4.44. The van der Waals surface area contributed by atoms with Crippen LogP contribution in [-0.4, -0.2) is 46.3 Å². The molecule has 0 bridgehead atoms. The summed E-state index contributed by atoms with van der Waals surface area (Å²) in [6.07, 6.45) is 5.22. The normalized spacial score (nSPS) is 14.1. The SMILES string of the molecule is N#Cc1cccnc1N1CCN(c2ccc(-c3ccncc3)nn2)CC1. The van der Waals surface area contributed by atoms with Crippen LogP contribution in [0.15, 0.2) is 55.0 Å². The van der Waals surface area contributed by atoms with Crippen LogP contribution in [0, 0.1) is 11.3 Å². The molecule has 4 rings (SSSR count). The molecule has 0 unspecified atom stereocenters. The second-order valence-electron chi connectivity index (χ2n) is 5.97. The highest BCUT2D eigenvalue weighted by atomic mass is 15.3. The van der Waals surface area contributed by atoms with E-state index in [1.165, 1.54) is 0 Å².